The Bertz CT molecular complexity index is 1990. The van der Waals surface area contributed by atoms with Crippen molar-refractivity contribution in [1.29, 1.82) is 0 Å². The van der Waals surface area contributed by atoms with Crippen LogP contribution in [0.15, 0.2) is 77.7 Å². The number of benzene rings is 3. The van der Waals surface area contributed by atoms with Crippen LogP contribution in [0.3, 0.4) is 0 Å². The Balaban J connectivity index is 1.52. The van der Waals surface area contributed by atoms with Gasteiger partial charge in [0.25, 0.3) is 5.91 Å². The number of hydrogen-bond acceptors (Lipinski definition) is 6. The van der Waals surface area contributed by atoms with Crippen LogP contribution in [0, 0.1) is 0 Å². The van der Waals surface area contributed by atoms with E-state index in [1.807, 2.05) is 4.90 Å². The van der Waals surface area contributed by atoms with E-state index in [-0.39, 0.29) is 50.3 Å². The quantitative estimate of drug-likeness (QED) is 0.186. The first-order chi connectivity index (χ1) is 24.1. The van der Waals surface area contributed by atoms with Crippen molar-refractivity contribution in [2.45, 2.75) is 68.0 Å². The number of aromatic nitrogens is 1. The normalized spacial score (nSPS) is 17.8. The van der Waals surface area contributed by atoms with E-state index >= 15 is 0 Å². The molecule has 3 aromatic carbocycles. The number of rotatable bonds is 8. The highest BCUT2D eigenvalue weighted by atomic mass is 32.2. The summed E-state index contributed by atoms with van der Waals surface area (Å²) in [5.74, 6) is -1.16. The van der Waals surface area contributed by atoms with E-state index < -0.39 is 39.7 Å². The molecule has 0 radical (unpaired) electrons. The zero-order valence-electron chi connectivity index (χ0n) is 27.9. The molecule has 1 N–H and O–H groups in total. The topological polar surface area (TPSA) is 82.6 Å². The van der Waals surface area contributed by atoms with Crippen LogP contribution in [0.2, 0.25) is 0 Å². The van der Waals surface area contributed by atoms with Crippen molar-refractivity contribution >= 4 is 26.6 Å². The van der Waals surface area contributed by atoms with Gasteiger partial charge in [0.15, 0.2) is 15.9 Å². The minimum atomic E-state index is -4.92. The van der Waals surface area contributed by atoms with E-state index in [4.69, 9.17) is 0 Å². The van der Waals surface area contributed by atoms with Crippen LogP contribution in [0.1, 0.15) is 65.2 Å². The molecule has 2 fully saturated rings. The van der Waals surface area contributed by atoms with Gasteiger partial charge in [-0.2, -0.15) is 26.3 Å². The summed E-state index contributed by atoms with van der Waals surface area (Å²) in [7, 11) is -3.85. The lowest BCUT2D eigenvalue weighted by molar-refractivity contribution is -0.155. The molecule has 0 saturated carbocycles. The molecule has 2 aliphatic heterocycles. The summed E-state index contributed by atoms with van der Waals surface area (Å²) in [6.07, 6.45) is -3.64. The van der Waals surface area contributed by atoms with E-state index in [2.05, 4.69) is 15.2 Å². The van der Waals surface area contributed by atoms with Crippen LogP contribution in [0.25, 0.3) is 22.2 Å². The molecule has 0 aliphatic carbocycles. The van der Waals surface area contributed by atoms with Gasteiger partial charge in [-0.05, 0) is 87.8 Å². The molecule has 2 aliphatic rings. The van der Waals surface area contributed by atoms with E-state index in [0.717, 1.165) is 57.2 Å². The van der Waals surface area contributed by atoms with Gasteiger partial charge in [-0.1, -0.05) is 48.9 Å². The first-order valence-electron chi connectivity index (χ1n) is 16.8. The Morgan fingerprint density at radius 3 is 2.20 bits per heavy atom. The molecule has 0 spiro atoms. The van der Waals surface area contributed by atoms with Crippen molar-refractivity contribution in [2.75, 3.05) is 32.4 Å². The fraction of sp³-hybridized carbons (Fsp3) is 0.405. The van der Waals surface area contributed by atoms with Crippen LogP contribution < -0.4 is 5.32 Å². The zero-order valence-corrected chi connectivity index (χ0v) is 28.7. The van der Waals surface area contributed by atoms with Crippen LogP contribution in [-0.4, -0.2) is 73.8 Å². The van der Waals surface area contributed by atoms with Crippen molar-refractivity contribution in [3.63, 3.8) is 0 Å². The second-order valence-corrected chi connectivity index (χ2v) is 15.3. The monoisotopic (exact) mass is 732 g/mol. The average Bonchev–Trinajstić information content (AvgIpc) is 3.10. The van der Waals surface area contributed by atoms with Gasteiger partial charge in [0, 0.05) is 35.4 Å². The number of hydrogen-bond donors (Lipinski definition) is 1. The van der Waals surface area contributed by atoms with Gasteiger partial charge in [-0.25, -0.2) is 13.4 Å². The lowest BCUT2D eigenvalue weighted by Gasteiger charge is -2.40. The van der Waals surface area contributed by atoms with E-state index in [1.54, 1.807) is 0 Å². The highest BCUT2D eigenvalue weighted by Gasteiger charge is 2.43. The number of carbonyl (C=O) groups excluding carboxylic acids is 1. The van der Waals surface area contributed by atoms with Crippen molar-refractivity contribution in [2.24, 2.45) is 0 Å². The second-order valence-electron chi connectivity index (χ2n) is 13.3. The summed E-state index contributed by atoms with van der Waals surface area (Å²) in [5.41, 5.74) is -1.32. The molecule has 7 nitrogen and oxygen atoms in total. The molecule has 1 atom stereocenters. The summed E-state index contributed by atoms with van der Waals surface area (Å²) in [6.45, 7) is 3.14. The van der Waals surface area contributed by atoms with E-state index in [0.29, 0.717) is 19.1 Å². The minimum Gasteiger partial charge on any atom is -0.337 e. The number of nitrogens with one attached hydrogen (secondary N) is 1. The number of pyridine rings is 1. The van der Waals surface area contributed by atoms with Gasteiger partial charge < -0.3 is 10.2 Å². The maximum absolute atomic E-state index is 14.6. The molecular weight excluding hydrogens is 694 g/mol. The first kappa shape index (κ1) is 36.8. The smallest absolute Gasteiger partial charge is 0.337 e. The third-order valence-corrected chi connectivity index (χ3v) is 10.9. The Kier molecular flexibility index (Phi) is 10.5. The van der Waals surface area contributed by atoms with E-state index in [9.17, 15) is 39.6 Å². The summed E-state index contributed by atoms with van der Waals surface area (Å²) in [4.78, 5) is 23.4. The van der Waals surface area contributed by atoms with Crippen LogP contribution in [0.4, 0.5) is 26.3 Å². The third kappa shape index (κ3) is 8.39. The number of nitrogens with zero attached hydrogens (tertiary/aromatic N) is 3. The molecule has 4 aromatic rings. The van der Waals surface area contributed by atoms with Crippen molar-refractivity contribution in [3.8, 4) is 11.3 Å². The number of alkyl halides is 6. The highest BCUT2D eigenvalue weighted by molar-refractivity contribution is 7.90. The standard InChI is InChI=1S/C37H38F6N4O3S/c1-51(49,50)28-13-14-31-29(22-28)32(35(48)45-34(37(41,42)43)24-9-4-2-5-10-24)30(33(44-31)25-11-8-12-26(21-25)36(38,39)40)23-46-19-15-27(16-20-46)47-17-6-3-7-18-47/h2,4-5,8-14,21-22,27,34H,3,6-7,15-20,23H2,1H3,(H,45,48)/t34-/m0/s1. The molecule has 1 amide bonds. The predicted octanol–water partition coefficient (Wildman–Crippen LogP) is 7.81. The van der Waals surface area contributed by atoms with E-state index in [1.165, 1.54) is 67.1 Å². The highest BCUT2D eigenvalue weighted by Crippen LogP contribution is 2.38. The number of likely N-dealkylation sites (tertiary alicyclic amines) is 2. The summed E-state index contributed by atoms with van der Waals surface area (Å²) in [6, 6.07) is 12.9. The molecule has 14 heteroatoms. The fourth-order valence-electron chi connectivity index (χ4n) is 7.16. The fourth-order valence-corrected chi connectivity index (χ4v) is 7.81. The first-order valence-corrected chi connectivity index (χ1v) is 18.7. The summed E-state index contributed by atoms with van der Waals surface area (Å²) in [5, 5.41) is 2.11. The maximum Gasteiger partial charge on any atom is 0.416 e. The number of carbonyl (C=O) groups is 1. The Labute approximate surface area is 292 Å². The number of piperidine rings is 2. The lowest BCUT2D eigenvalue weighted by atomic mass is 9.93. The lowest BCUT2D eigenvalue weighted by Crippen LogP contribution is -2.46. The number of sulfone groups is 1. The minimum absolute atomic E-state index is 0.00715. The largest absolute Gasteiger partial charge is 0.416 e. The van der Waals surface area contributed by atoms with Gasteiger partial charge in [0.2, 0.25) is 0 Å². The average molecular weight is 733 g/mol. The molecule has 6 rings (SSSR count). The zero-order chi connectivity index (χ0) is 36.6. The number of fused-ring (bicyclic) bond motifs is 1. The van der Waals surface area contributed by atoms with Crippen LogP contribution in [0.5, 0.6) is 0 Å². The van der Waals surface area contributed by atoms with Gasteiger partial charge >= 0.3 is 12.4 Å². The van der Waals surface area contributed by atoms with Crippen molar-refractivity contribution in [3.05, 3.63) is 95.1 Å². The maximum atomic E-state index is 14.6. The van der Waals surface area contributed by atoms with Crippen LogP contribution in [-0.2, 0) is 22.6 Å². The Morgan fingerprint density at radius 2 is 1.57 bits per heavy atom. The molecule has 0 unspecified atom stereocenters. The summed E-state index contributed by atoms with van der Waals surface area (Å²) < 4.78 is 111. The molecular formula is C37H38F6N4O3S. The second kappa shape index (κ2) is 14.5. The van der Waals surface area contributed by atoms with Gasteiger partial charge in [-0.3, -0.25) is 9.69 Å². The van der Waals surface area contributed by atoms with Gasteiger partial charge in [0.1, 0.15) is 0 Å². The molecule has 0 bridgehead atoms. The van der Waals surface area contributed by atoms with Gasteiger partial charge in [0.05, 0.1) is 27.2 Å². The number of amides is 1. The molecule has 2 saturated heterocycles. The van der Waals surface area contributed by atoms with Gasteiger partial charge in [-0.15, -0.1) is 0 Å². The Morgan fingerprint density at radius 1 is 0.882 bits per heavy atom. The third-order valence-electron chi connectivity index (χ3n) is 9.76. The number of halogens is 6. The summed E-state index contributed by atoms with van der Waals surface area (Å²) >= 11 is 0. The molecule has 3 heterocycles. The Hall–Kier alpha value is -4.01. The predicted molar refractivity (Wildman–Crippen MR) is 182 cm³/mol. The SMILES string of the molecule is CS(=O)(=O)c1ccc2nc(-c3cccc(C(F)(F)F)c3)c(CN3CCC(N4CCCCC4)CC3)c(C(=O)N[C@@H](c3ccccc3)C(F)(F)F)c2c1. The van der Waals surface area contributed by atoms with Crippen molar-refractivity contribution in [1.82, 2.24) is 20.1 Å². The molecule has 51 heavy (non-hydrogen) atoms. The van der Waals surface area contributed by atoms with Crippen LogP contribution >= 0.6 is 0 Å². The molecule has 272 valence electrons. The van der Waals surface area contributed by atoms with Crippen molar-refractivity contribution < 1.29 is 39.6 Å². The molecule has 1 aromatic heterocycles.